The number of hydrogen-bond acceptors (Lipinski definition) is 4. The summed E-state index contributed by atoms with van der Waals surface area (Å²) < 4.78 is 1.74. The van der Waals surface area contributed by atoms with Crippen LogP contribution in [0.5, 0.6) is 0 Å². The Morgan fingerprint density at radius 2 is 2.29 bits per heavy atom. The van der Waals surface area contributed by atoms with Gasteiger partial charge in [-0.2, -0.15) is 5.26 Å². The number of nitrogens with zero attached hydrogens (tertiary/aromatic N) is 4. The summed E-state index contributed by atoms with van der Waals surface area (Å²) in [5.74, 6) is 0. The molecular formula is C9H13N5. The maximum absolute atomic E-state index is 8.62. The van der Waals surface area contributed by atoms with Gasteiger partial charge in [-0.3, -0.25) is 0 Å². The topological polar surface area (TPSA) is 80.5 Å². The maximum atomic E-state index is 8.62. The third-order valence-corrected chi connectivity index (χ3v) is 2.75. The van der Waals surface area contributed by atoms with E-state index < -0.39 is 0 Å². The summed E-state index contributed by atoms with van der Waals surface area (Å²) >= 11 is 0. The molecule has 2 rings (SSSR count). The third kappa shape index (κ3) is 1.61. The van der Waals surface area contributed by atoms with Crippen LogP contribution in [0.4, 0.5) is 0 Å². The minimum Gasteiger partial charge on any atom is -0.326 e. The highest BCUT2D eigenvalue weighted by molar-refractivity contribution is 5.13. The van der Waals surface area contributed by atoms with E-state index in [9.17, 15) is 0 Å². The Morgan fingerprint density at radius 1 is 1.50 bits per heavy atom. The van der Waals surface area contributed by atoms with Crippen LogP contribution in [0, 0.1) is 11.3 Å². The van der Waals surface area contributed by atoms with Gasteiger partial charge in [0.2, 0.25) is 0 Å². The lowest BCUT2D eigenvalue weighted by molar-refractivity contribution is 0.282. The molecule has 1 aromatic rings. The Kier molecular flexibility index (Phi) is 2.46. The zero-order valence-corrected chi connectivity index (χ0v) is 7.93. The van der Waals surface area contributed by atoms with E-state index in [1.54, 1.807) is 10.9 Å². The summed E-state index contributed by atoms with van der Waals surface area (Å²) in [6, 6.07) is 2.34. The predicted octanol–water partition coefficient (Wildman–Crippen LogP) is 0.592. The Bertz CT molecular complexity index is 350. The first kappa shape index (κ1) is 9.16. The minimum absolute atomic E-state index is 0.150. The molecule has 14 heavy (non-hydrogen) atoms. The highest BCUT2D eigenvalue weighted by Crippen LogP contribution is 2.26. The summed E-state index contributed by atoms with van der Waals surface area (Å²) in [6.45, 7) is 0. The molecule has 74 valence electrons. The SMILES string of the molecule is N#Cc1cn(C2CCCCC2N)nn1. The Hall–Kier alpha value is -1.41. The lowest BCUT2D eigenvalue weighted by Gasteiger charge is -2.27. The molecule has 0 saturated heterocycles. The quantitative estimate of drug-likeness (QED) is 0.704. The summed E-state index contributed by atoms with van der Waals surface area (Å²) in [5.41, 5.74) is 6.35. The molecule has 2 atom stereocenters. The van der Waals surface area contributed by atoms with Gasteiger partial charge in [-0.05, 0) is 12.8 Å². The van der Waals surface area contributed by atoms with Crippen LogP contribution in [0.2, 0.25) is 0 Å². The molecule has 0 spiro atoms. The number of nitriles is 1. The van der Waals surface area contributed by atoms with Crippen LogP contribution >= 0.6 is 0 Å². The number of aromatic nitrogens is 3. The standard InChI is InChI=1S/C9H13N5/c10-5-7-6-14(13-12-7)9-4-2-1-3-8(9)11/h6,8-9H,1-4,11H2. The molecule has 1 aliphatic carbocycles. The van der Waals surface area contributed by atoms with E-state index in [0.717, 1.165) is 12.8 Å². The predicted molar refractivity (Wildman–Crippen MR) is 50.2 cm³/mol. The lowest BCUT2D eigenvalue weighted by Crippen LogP contribution is -2.35. The van der Waals surface area contributed by atoms with Gasteiger partial charge in [0.15, 0.2) is 5.69 Å². The molecule has 1 aliphatic rings. The van der Waals surface area contributed by atoms with Gasteiger partial charge in [0, 0.05) is 6.04 Å². The van der Waals surface area contributed by atoms with Gasteiger partial charge in [-0.25, -0.2) is 4.68 Å². The van der Waals surface area contributed by atoms with Gasteiger partial charge in [0.1, 0.15) is 6.07 Å². The largest absolute Gasteiger partial charge is 0.326 e. The van der Waals surface area contributed by atoms with E-state index >= 15 is 0 Å². The van der Waals surface area contributed by atoms with Crippen molar-refractivity contribution in [2.24, 2.45) is 5.73 Å². The van der Waals surface area contributed by atoms with Crippen LogP contribution in [-0.4, -0.2) is 21.0 Å². The molecule has 5 nitrogen and oxygen atoms in total. The van der Waals surface area contributed by atoms with Crippen LogP contribution in [0.25, 0.3) is 0 Å². The van der Waals surface area contributed by atoms with Crippen molar-refractivity contribution in [1.82, 2.24) is 15.0 Å². The average molecular weight is 191 g/mol. The first-order valence-corrected chi connectivity index (χ1v) is 4.89. The molecule has 5 heteroatoms. The summed E-state index contributed by atoms with van der Waals surface area (Å²) in [4.78, 5) is 0. The van der Waals surface area contributed by atoms with E-state index in [2.05, 4.69) is 10.3 Å². The second-order valence-corrected chi connectivity index (χ2v) is 3.71. The number of hydrogen-bond donors (Lipinski definition) is 1. The van der Waals surface area contributed by atoms with E-state index in [4.69, 9.17) is 11.0 Å². The molecule has 0 aromatic carbocycles. The molecule has 2 unspecified atom stereocenters. The molecule has 2 N–H and O–H groups in total. The van der Waals surface area contributed by atoms with Gasteiger partial charge in [0.05, 0.1) is 12.2 Å². The maximum Gasteiger partial charge on any atom is 0.182 e. The molecule has 0 bridgehead atoms. The first-order chi connectivity index (χ1) is 6.81. The molecule has 0 amide bonds. The van der Waals surface area contributed by atoms with E-state index in [1.165, 1.54) is 12.8 Å². The van der Waals surface area contributed by atoms with Crippen molar-refractivity contribution in [2.45, 2.75) is 37.8 Å². The van der Waals surface area contributed by atoms with Crippen molar-refractivity contribution >= 4 is 0 Å². The lowest BCUT2D eigenvalue weighted by atomic mass is 9.91. The van der Waals surface area contributed by atoms with E-state index in [1.807, 2.05) is 6.07 Å². The highest BCUT2D eigenvalue weighted by atomic mass is 15.4. The zero-order chi connectivity index (χ0) is 9.97. The molecule has 1 heterocycles. The van der Waals surface area contributed by atoms with Crippen LogP contribution in [0.3, 0.4) is 0 Å². The summed E-state index contributed by atoms with van der Waals surface area (Å²) in [5, 5.41) is 16.3. The van der Waals surface area contributed by atoms with Crippen molar-refractivity contribution in [3.63, 3.8) is 0 Å². The molecule has 1 saturated carbocycles. The van der Waals surface area contributed by atoms with Crippen molar-refractivity contribution in [1.29, 1.82) is 5.26 Å². The second-order valence-electron chi connectivity index (χ2n) is 3.71. The average Bonchev–Trinajstić information content (AvgIpc) is 2.67. The fourth-order valence-corrected chi connectivity index (χ4v) is 1.96. The Morgan fingerprint density at radius 3 is 2.93 bits per heavy atom. The van der Waals surface area contributed by atoms with Gasteiger partial charge < -0.3 is 5.73 Å². The normalized spacial score (nSPS) is 27.1. The van der Waals surface area contributed by atoms with Gasteiger partial charge in [0.25, 0.3) is 0 Å². The van der Waals surface area contributed by atoms with Crippen molar-refractivity contribution < 1.29 is 0 Å². The minimum atomic E-state index is 0.150. The molecule has 0 aliphatic heterocycles. The zero-order valence-electron chi connectivity index (χ0n) is 7.93. The van der Waals surface area contributed by atoms with Gasteiger partial charge in [-0.15, -0.1) is 5.10 Å². The third-order valence-electron chi connectivity index (χ3n) is 2.75. The van der Waals surface area contributed by atoms with Crippen LogP contribution < -0.4 is 5.73 Å². The molecule has 1 fully saturated rings. The van der Waals surface area contributed by atoms with Crippen LogP contribution in [-0.2, 0) is 0 Å². The first-order valence-electron chi connectivity index (χ1n) is 4.89. The molecule has 1 aromatic heterocycles. The fourth-order valence-electron chi connectivity index (χ4n) is 1.96. The van der Waals surface area contributed by atoms with Crippen molar-refractivity contribution in [2.75, 3.05) is 0 Å². The Balaban J connectivity index is 2.17. The van der Waals surface area contributed by atoms with Gasteiger partial charge >= 0.3 is 0 Å². The molecule has 0 radical (unpaired) electrons. The summed E-state index contributed by atoms with van der Waals surface area (Å²) in [7, 11) is 0. The van der Waals surface area contributed by atoms with Crippen molar-refractivity contribution in [3.8, 4) is 6.07 Å². The smallest absolute Gasteiger partial charge is 0.182 e. The van der Waals surface area contributed by atoms with Crippen LogP contribution in [0.15, 0.2) is 6.20 Å². The number of rotatable bonds is 1. The number of nitrogens with two attached hydrogens (primary N) is 1. The fraction of sp³-hybridized carbons (Fsp3) is 0.667. The van der Waals surface area contributed by atoms with E-state index in [-0.39, 0.29) is 12.1 Å². The van der Waals surface area contributed by atoms with Crippen LogP contribution in [0.1, 0.15) is 37.4 Å². The monoisotopic (exact) mass is 191 g/mol. The molecular weight excluding hydrogens is 178 g/mol. The van der Waals surface area contributed by atoms with Crippen molar-refractivity contribution in [3.05, 3.63) is 11.9 Å². The second kappa shape index (κ2) is 3.76. The Labute approximate surface area is 82.5 Å². The highest BCUT2D eigenvalue weighted by Gasteiger charge is 2.24. The van der Waals surface area contributed by atoms with Gasteiger partial charge in [-0.1, -0.05) is 18.1 Å². The summed E-state index contributed by atoms with van der Waals surface area (Å²) in [6.07, 6.45) is 6.12. The van der Waals surface area contributed by atoms with E-state index in [0.29, 0.717) is 5.69 Å².